The number of hydrogen-bond donors (Lipinski definition) is 3. The fourth-order valence-corrected chi connectivity index (χ4v) is 10.3. The molecule has 9 heterocycles. The zero-order valence-electron chi connectivity index (χ0n) is 63.8. The number of carbonyl (C=O) groups excluding carboxylic acids is 5. The van der Waals surface area contributed by atoms with E-state index in [2.05, 4.69) is 64.1 Å². The molecule has 34 heteroatoms. The standard InChI is InChI=1S/C24H27ClN4O3.2C13H11ClN2O3.C10H14ClNO4.C10H18N4O.C6H8N2.CH3F/c1-32-23-11-13-27-22(28-23)10-6-4-2-3-5-9-21(30)20-14-19(25)17-29(24(20)31)16-18-8-7-12-26-15-18;2*1-19-13(18)11-5-10(14)8-16(12(11)17)7-9-3-2-4-15-6-9;1-12(2)6-7(11)5-8(9(13)15-3)10(14)16-4;1-15-9-5-8-13-10(14-9)12-7-4-2-3-6-11;7-5-6-3-1-2-4-8-6;1-2/h7-8,11-15,17H,2-6,9-10,16H2,1H3;2*2-6,8H,7H2,1H3;5-6H,1-4H3;5,8H,2-4,6-7,11H2,1H3,(H,12,13,14);1-4H,5,7H2;1H3/b;;;7-6-;;;/i;;;;;;1D. The number of ketones is 1. The van der Waals surface area contributed by atoms with E-state index in [1.54, 1.807) is 126 Å². The lowest BCUT2D eigenvalue weighted by molar-refractivity contribution is -0.144. The Labute approximate surface area is 664 Å². The highest BCUT2D eigenvalue weighted by atomic mass is 35.5. The largest absolute Gasteiger partial charge is 0.481 e. The number of nitrogens with one attached hydrogen (secondary N) is 1. The molecule has 0 atom stereocenters. The molecule has 0 bridgehead atoms. The van der Waals surface area contributed by atoms with Crippen LogP contribution in [0.15, 0.2) is 197 Å². The number of pyridine rings is 7. The third kappa shape index (κ3) is 36.3. The van der Waals surface area contributed by atoms with Gasteiger partial charge in [-0.2, -0.15) is 9.97 Å². The topological polar surface area (TPSA) is 377 Å². The number of carbonyl (C=O) groups is 5. The Balaban J connectivity index is 0.000000359. The fraction of sp³-hybridized carbons (Fsp3) is 0.325. The number of nitrogens with zero attached hydrogens (tertiary/aromatic N) is 12. The second-order valence-corrected chi connectivity index (χ2v) is 24.8. The molecule has 9 aromatic rings. The van der Waals surface area contributed by atoms with E-state index in [-0.39, 0.29) is 51.7 Å². The first-order valence-electron chi connectivity index (χ1n) is 34.7. The normalized spacial score (nSPS) is 10.3. The van der Waals surface area contributed by atoms with Crippen molar-refractivity contribution >= 4 is 82.0 Å². The van der Waals surface area contributed by atoms with Crippen molar-refractivity contribution in [1.29, 1.82) is 0 Å². The molecule has 594 valence electrons. The van der Waals surface area contributed by atoms with E-state index in [1.165, 1.54) is 85.0 Å². The Morgan fingerprint density at radius 2 is 1.02 bits per heavy atom. The smallest absolute Gasteiger partial charge is 0.345 e. The van der Waals surface area contributed by atoms with Crippen molar-refractivity contribution in [2.24, 2.45) is 11.5 Å². The lowest BCUT2D eigenvalue weighted by atomic mass is 10.0. The summed E-state index contributed by atoms with van der Waals surface area (Å²) < 4.78 is 47.7. The van der Waals surface area contributed by atoms with Crippen LogP contribution < -0.4 is 42.9 Å². The Kier molecular flexibility index (Phi) is 45.2. The molecule has 0 unspecified atom stereocenters. The zero-order valence-corrected chi connectivity index (χ0v) is 65.8. The van der Waals surface area contributed by atoms with Crippen molar-refractivity contribution in [3.05, 3.63) is 273 Å². The summed E-state index contributed by atoms with van der Waals surface area (Å²) in [6, 6.07) is 24.1. The fourth-order valence-electron chi connectivity index (χ4n) is 9.32. The van der Waals surface area contributed by atoms with Crippen molar-refractivity contribution in [2.45, 2.75) is 90.4 Å². The average Bonchev–Trinajstić information content (AvgIpc) is 0.832. The van der Waals surface area contributed by atoms with Crippen LogP contribution in [0.4, 0.5) is 10.3 Å². The van der Waals surface area contributed by atoms with Crippen LogP contribution in [0.2, 0.25) is 15.1 Å². The molecule has 111 heavy (non-hydrogen) atoms. The molecule has 0 aliphatic rings. The molecule has 0 radical (unpaired) electrons. The number of anilines is 1. The van der Waals surface area contributed by atoms with Gasteiger partial charge >= 0.3 is 23.9 Å². The Morgan fingerprint density at radius 3 is 1.44 bits per heavy atom. The number of nitrogens with two attached hydrogens (primary N) is 2. The zero-order chi connectivity index (χ0) is 82.6. The van der Waals surface area contributed by atoms with Gasteiger partial charge in [-0.05, 0) is 104 Å². The first-order valence-corrected chi connectivity index (χ1v) is 35.5. The van der Waals surface area contributed by atoms with E-state index in [0.717, 1.165) is 99.1 Å². The molecule has 9 aromatic heterocycles. The molecule has 9 rings (SSSR count). The number of ether oxygens (including phenoxy) is 6. The van der Waals surface area contributed by atoms with E-state index in [0.29, 0.717) is 52.3 Å². The Bertz CT molecular complexity index is 4440. The molecule has 0 saturated carbocycles. The Hall–Kier alpha value is -11.2. The second kappa shape index (κ2) is 54.4. The number of halogens is 5. The van der Waals surface area contributed by atoms with Gasteiger partial charge in [0, 0.05) is 133 Å². The quantitative estimate of drug-likeness (QED) is 0.00550. The molecule has 0 saturated heterocycles. The van der Waals surface area contributed by atoms with E-state index in [4.69, 9.17) is 68.7 Å². The maximum Gasteiger partial charge on any atom is 0.345 e. The first-order chi connectivity index (χ1) is 53.9. The highest BCUT2D eigenvalue weighted by Gasteiger charge is 2.21. The molecular formula is C77H92Cl4FN15O14. The van der Waals surface area contributed by atoms with Gasteiger partial charge in [0.2, 0.25) is 17.7 Å². The third-order valence-electron chi connectivity index (χ3n) is 14.6. The van der Waals surface area contributed by atoms with E-state index < -0.39 is 42.1 Å². The molecule has 0 aliphatic carbocycles. The van der Waals surface area contributed by atoms with Gasteiger partial charge in [0.05, 0.1) is 102 Å². The van der Waals surface area contributed by atoms with Crippen LogP contribution in [0.5, 0.6) is 11.8 Å². The van der Waals surface area contributed by atoms with Crippen LogP contribution in [-0.2, 0) is 61.1 Å². The van der Waals surface area contributed by atoms with Crippen molar-refractivity contribution in [3.63, 3.8) is 0 Å². The summed E-state index contributed by atoms with van der Waals surface area (Å²) in [5.41, 5.74) is 12.7. The van der Waals surface area contributed by atoms with E-state index >= 15 is 0 Å². The molecule has 29 nitrogen and oxygen atoms in total. The summed E-state index contributed by atoms with van der Waals surface area (Å²) >= 11 is 23.8. The summed E-state index contributed by atoms with van der Waals surface area (Å²) in [5, 5.41) is 4.32. The van der Waals surface area contributed by atoms with Crippen molar-refractivity contribution in [1.82, 2.24) is 58.5 Å². The molecule has 0 spiro atoms. The lowest BCUT2D eigenvalue weighted by Crippen LogP contribution is -2.27. The van der Waals surface area contributed by atoms with Crippen LogP contribution in [0.1, 0.15) is 118 Å². The van der Waals surface area contributed by atoms with Crippen LogP contribution >= 0.6 is 46.4 Å². The number of hydrogen-bond acceptors (Lipinski definition) is 26. The van der Waals surface area contributed by atoms with Gasteiger partial charge in [-0.1, -0.05) is 96.4 Å². The molecule has 0 aromatic carbocycles. The van der Waals surface area contributed by atoms with E-state index in [9.17, 15) is 42.7 Å². The number of aromatic nitrogens is 11. The number of rotatable bonds is 30. The maximum atomic E-state index is 12.8. The van der Waals surface area contributed by atoms with Gasteiger partial charge in [0.15, 0.2) is 5.78 Å². The van der Waals surface area contributed by atoms with Crippen LogP contribution in [0, 0.1) is 0 Å². The minimum Gasteiger partial charge on any atom is -0.481 e. The summed E-state index contributed by atoms with van der Waals surface area (Å²) in [6.45, 7) is 3.06. The monoisotopic (exact) mass is 1610 g/mol. The number of aryl methyl sites for hydroxylation is 1. The molecular weight excluding hydrogens is 1520 g/mol. The maximum absolute atomic E-state index is 12.8. The number of Topliss-reactive ketones (excluding diaryl/α,β-unsaturated/α-hetero) is 1. The molecule has 0 aliphatic heterocycles. The molecule has 5 N–H and O–H groups in total. The second-order valence-electron chi connectivity index (χ2n) is 23.0. The Morgan fingerprint density at radius 1 is 0.559 bits per heavy atom. The summed E-state index contributed by atoms with van der Waals surface area (Å²) in [6.07, 6.45) is 31.4. The predicted octanol–water partition coefficient (Wildman–Crippen LogP) is 11.0. The van der Waals surface area contributed by atoms with Gasteiger partial charge in [-0.25, -0.2) is 29.1 Å². The van der Waals surface area contributed by atoms with Crippen LogP contribution in [-0.4, -0.2) is 165 Å². The van der Waals surface area contributed by atoms with Crippen molar-refractivity contribution in [2.75, 3.05) is 82.3 Å². The number of allylic oxidation sites excluding steroid dienone is 2. The SMILES string of the molecule is COC(=O)C(=C/C(Cl)=C/N(C)C)C(=O)OC.COC(=O)c1cc(Cl)cn(Cc2cccnc2)c1=O.COC(=O)c1cc(Cl)cn(Cc2cccnc2)c1=O.COc1ccnc(CCCCCCCC(=O)c2cc(Cl)cn(Cc3cccnc3)c2=O)n1.COc1ccnc(NCCCCCN)n1.NCc1ccccn1.[2H]CF. The van der Waals surface area contributed by atoms with Gasteiger partial charge < -0.3 is 63.8 Å². The van der Waals surface area contributed by atoms with Gasteiger partial charge in [-0.3, -0.25) is 43.5 Å². The molecule has 0 amide bonds. The minimum absolute atomic E-state index is 0.0844. The first kappa shape index (κ1) is 92.2. The highest BCUT2D eigenvalue weighted by Crippen LogP contribution is 2.17. The predicted molar refractivity (Wildman–Crippen MR) is 423 cm³/mol. The number of methoxy groups -OCH3 is 6. The number of esters is 4. The lowest BCUT2D eigenvalue weighted by Gasteiger charge is -2.09. The summed E-state index contributed by atoms with van der Waals surface area (Å²) in [5.74, 6) is -0.606. The average molecular weight is 1610 g/mol. The summed E-state index contributed by atoms with van der Waals surface area (Å²) in [7, 11) is 10.5. The minimum atomic E-state index is -1.00. The van der Waals surface area contributed by atoms with Crippen molar-refractivity contribution in [3.8, 4) is 11.8 Å². The van der Waals surface area contributed by atoms with Gasteiger partial charge in [0.1, 0.15) is 22.5 Å². The summed E-state index contributed by atoms with van der Waals surface area (Å²) in [4.78, 5) is 129. The highest BCUT2D eigenvalue weighted by molar-refractivity contribution is 6.32. The number of alkyl halides is 1. The van der Waals surface area contributed by atoms with Crippen LogP contribution in [0.3, 0.4) is 0 Å². The molecule has 0 fully saturated rings. The van der Waals surface area contributed by atoms with Crippen LogP contribution in [0.25, 0.3) is 0 Å². The van der Waals surface area contributed by atoms with Gasteiger partial charge in [0.25, 0.3) is 16.7 Å². The number of unbranched alkanes of at least 4 members (excludes halogenated alkanes) is 6. The van der Waals surface area contributed by atoms with Crippen molar-refractivity contribution < 1.29 is 58.2 Å². The third-order valence-corrected chi connectivity index (χ3v) is 15.4. The van der Waals surface area contributed by atoms with Gasteiger partial charge in [-0.15, -0.1) is 0 Å². The van der Waals surface area contributed by atoms with E-state index in [1.807, 2.05) is 36.4 Å².